The van der Waals surface area contributed by atoms with Gasteiger partial charge in [0.1, 0.15) is 0 Å². The molecule has 0 spiro atoms. The molecule has 2 aromatic rings. The summed E-state index contributed by atoms with van der Waals surface area (Å²) in [6.45, 7) is 0. The number of benzene rings is 1. The van der Waals surface area contributed by atoms with Crippen LogP contribution in [0.15, 0.2) is 48.8 Å². The molecule has 1 heterocycles. The average Bonchev–Trinajstić information content (AvgIpc) is 2.38. The molecule has 0 aliphatic rings. The summed E-state index contributed by atoms with van der Waals surface area (Å²) in [6, 6.07) is 12.1. The summed E-state index contributed by atoms with van der Waals surface area (Å²) in [4.78, 5) is 4.06. The third-order valence-electron chi connectivity index (χ3n) is 2.87. The van der Waals surface area contributed by atoms with Crippen molar-refractivity contribution < 1.29 is 0 Å². The minimum Gasteiger partial charge on any atom is -0.398 e. The van der Waals surface area contributed by atoms with Gasteiger partial charge in [0.25, 0.3) is 0 Å². The van der Waals surface area contributed by atoms with Gasteiger partial charge in [-0.2, -0.15) is 0 Å². The Balaban J connectivity index is 1.99. The maximum absolute atomic E-state index is 6.12. The van der Waals surface area contributed by atoms with Crippen LogP contribution in [0.2, 0.25) is 0 Å². The molecule has 0 saturated carbocycles. The van der Waals surface area contributed by atoms with Crippen LogP contribution in [0.25, 0.3) is 0 Å². The van der Waals surface area contributed by atoms with Crippen molar-refractivity contribution in [2.24, 2.45) is 5.73 Å². The molecule has 4 N–H and O–H groups in total. The SMILES string of the molecule is Nc1ccncc1C(N)CCc1ccccc1. The Kier molecular flexibility index (Phi) is 3.73. The Morgan fingerprint density at radius 1 is 1.12 bits per heavy atom. The Labute approximate surface area is 101 Å². The van der Waals surface area contributed by atoms with Gasteiger partial charge in [-0.3, -0.25) is 4.98 Å². The van der Waals surface area contributed by atoms with Gasteiger partial charge < -0.3 is 11.5 Å². The number of hydrogen-bond acceptors (Lipinski definition) is 3. The third-order valence-corrected chi connectivity index (χ3v) is 2.87. The smallest absolute Gasteiger partial charge is 0.0393 e. The summed E-state index contributed by atoms with van der Waals surface area (Å²) in [6.07, 6.45) is 5.27. The van der Waals surface area contributed by atoms with Crippen LogP contribution in [-0.2, 0) is 6.42 Å². The topological polar surface area (TPSA) is 64.9 Å². The fraction of sp³-hybridized carbons (Fsp3) is 0.214. The number of nitrogen functional groups attached to an aromatic ring is 1. The lowest BCUT2D eigenvalue weighted by atomic mass is 10.00. The number of nitrogens with zero attached hydrogens (tertiary/aromatic N) is 1. The zero-order chi connectivity index (χ0) is 12.1. The van der Waals surface area contributed by atoms with Crippen molar-refractivity contribution in [3.05, 3.63) is 59.9 Å². The van der Waals surface area contributed by atoms with Gasteiger partial charge in [0.05, 0.1) is 0 Å². The van der Waals surface area contributed by atoms with Crippen LogP contribution in [0.5, 0.6) is 0 Å². The van der Waals surface area contributed by atoms with Crippen molar-refractivity contribution in [1.82, 2.24) is 4.98 Å². The highest BCUT2D eigenvalue weighted by atomic mass is 14.7. The number of nitrogens with two attached hydrogens (primary N) is 2. The highest BCUT2D eigenvalue weighted by Crippen LogP contribution is 2.21. The second kappa shape index (κ2) is 5.46. The zero-order valence-corrected chi connectivity index (χ0v) is 9.71. The molecule has 3 heteroatoms. The Bertz CT molecular complexity index is 468. The summed E-state index contributed by atoms with van der Waals surface area (Å²) < 4.78 is 0. The van der Waals surface area contributed by atoms with Crippen LogP contribution >= 0.6 is 0 Å². The first-order valence-electron chi connectivity index (χ1n) is 5.76. The minimum absolute atomic E-state index is 0.0519. The van der Waals surface area contributed by atoms with Crippen LogP contribution in [0.3, 0.4) is 0 Å². The summed E-state index contributed by atoms with van der Waals surface area (Å²) in [7, 11) is 0. The van der Waals surface area contributed by atoms with Crippen LogP contribution in [0.1, 0.15) is 23.6 Å². The maximum Gasteiger partial charge on any atom is 0.0393 e. The normalized spacial score (nSPS) is 12.3. The Hall–Kier alpha value is -1.87. The predicted octanol–water partition coefficient (Wildman–Crippen LogP) is 2.30. The number of aromatic nitrogens is 1. The summed E-state index contributed by atoms with van der Waals surface area (Å²) >= 11 is 0. The number of aryl methyl sites for hydroxylation is 1. The number of hydrogen-bond donors (Lipinski definition) is 2. The molecular weight excluding hydrogens is 210 g/mol. The van der Waals surface area contributed by atoms with E-state index in [1.807, 2.05) is 18.2 Å². The van der Waals surface area contributed by atoms with E-state index in [1.165, 1.54) is 5.56 Å². The van der Waals surface area contributed by atoms with Gasteiger partial charge in [-0.1, -0.05) is 30.3 Å². The highest BCUT2D eigenvalue weighted by Gasteiger charge is 2.09. The summed E-state index contributed by atoms with van der Waals surface area (Å²) in [5.74, 6) is 0. The van der Waals surface area contributed by atoms with Gasteiger partial charge in [-0.15, -0.1) is 0 Å². The van der Waals surface area contributed by atoms with E-state index in [-0.39, 0.29) is 6.04 Å². The monoisotopic (exact) mass is 227 g/mol. The highest BCUT2D eigenvalue weighted by molar-refractivity contribution is 5.46. The van der Waals surface area contributed by atoms with Crippen molar-refractivity contribution >= 4 is 5.69 Å². The molecule has 0 bridgehead atoms. The minimum atomic E-state index is -0.0519. The van der Waals surface area contributed by atoms with E-state index in [4.69, 9.17) is 11.5 Å². The molecular formula is C14H17N3. The average molecular weight is 227 g/mol. The van der Waals surface area contributed by atoms with Crippen LogP contribution in [-0.4, -0.2) is 4.98 Å². The fourth-order valence-electron chi connectivity index (χ4n) is 1.85. The number of anilines is 1. The van der Waals surface area contributed by atoms with Gasteiger partial charge in [-0.05, 0) is 24.5 Å². The predicted molar refractivity (Wildman–Crippen MR) is 70.3 cm³/mol. The molecule has 0 amide bonds. The summed E-state index contributed by atoms with van der Waals surface area (Å²) in [5, 5.41) is 0. The van der Waals surface area contributed by atoms with Crippen molar-refractivity contribution in [1.29, 1.82) is 0 Å². The van der Waals surface area contributed by atoms with Crippen molar-refractivity contribution in [3.63, 3.8) is 0 Å². The fourth-order valence-corrected chi connectivity index (χ4v) is 1.85. The molecule has 17 heavy (non-hydrogen) atoms. The second-order valence-corrected chi connectivity index (χ2v) is 4.14. The van der Waals surface area contributed by atoms with E-state index in [0.717, 1.165) is 24.1 Å². The summed E-state index contributed by atoms with van der Waals surface area (Å²) in [5.41, 5.74) is 14.9. The molecule has 1 aromatic heterocycles. The van der Waals surface area contributed by atoms with Gasteiger partial charge in [0, 0.05) is 29.7 Å². The van der Waals surface area contributed by atoms with Gasteiger partial charge in [0.15, 0.2) is 0 Å². The van der Waals surface area contributed by atoms with Crippen molar-refractivity contribution in [3.8, 4) is 0 Å². The van der Waals surface area contributed by atoms with Gasteiger partial charge in [-0.25, -0.2) is 0 Å². The largest absolute Gasteiger partial charge is 0.398 e. The molecule has 0 aliphatic carbocycles. The van der Waals surface area contributed by atoms with Crippen LogP contribution in [0.4, 0.5) is 5.69 Å². The van der Waals surface area contributed by atoms with E-state index < -0.39 is 0 Å². The maximum atomic E-state index is 6.12. The first kappa shape index (κ1) is 11.6. The molecule has 88 valence electrons. The molecule has 1 atom stereocenters. The van der Waals surface area contributed by atoms with E-state index >= 15 is 0 Å². The first-order chi connectivity index (χ1) is 8.27. The Morgan fingerprint density at radius 2 is 1.88 bits per heavy atom. The molecule has 0 aliphatic heterocycles. The van der Waals surface area contributed by atoms with Gasteiger partial charge >= 0.3 is 0 Å². The number of pyridine rings is 1. The van der Waals surface area contributed by atoms with E-state index in [9.17, 15) is 0 Å². The lowest BCUT2D eigenvalue weighted by molar-refractivity contribution is 0.651. The molecule has 1 aromatic carbocycles. The van der Waals surface area contributed by atoms with E-state index in [1.54, 1.807) is 18.5 Å². The molecule has 0 saturated heterocycles. The molecule has 0 fully saturated rings. The van der Waals surface area contributed by atoms with E-state index in [0.29, 0.717) is 0 Å². The standard InChI is InChI=1S/C14H17N3/c15-13(12-10-17-9-8-14(12)16)7-6-11-4-2-1-3-5-11/h1-5,8-10,13H,6-7,15H2,(H2,16,17). The lowest BCUT2D eigenvalue weighted by Gasteiger charge is -2.13. The third kappa shape index (κ3) is 3.04. The van der Waals surface area contributed by atoms with Gasteiger partial charge in [0.2, 0.25) is 0 Å². The quantitative estimate of drug-likeness (QED) is 0.842. The Morgan fingerprint density at radius 3 is 2.59 bits per heavy atom. The van der Waals surface area contributed by atoms with E-state index in [2.05, 4.69) is 17.1 Å². The molecule has 1 unspecified atom stereocenters. The van der Waals surface area contributed by atoms with Crippen LogP contribution < -0.4 is 11.5 Å². The molecule has 2 rings (SSSR count). The first-order valence-corrected chi connectivity index (χ1v) is 5.76. The molecule has 0 radical (unpaired) electrons. The molecule has 3 nitrogen and oxygen atoms in total. The lowest BCUT2D eigenvalue weighted by Crippen LogP contribution is -2.13. The second-order valence-electron chi connectivity index (χ2n) is 4.14. The number of rotatable bonds is 4. The zero-order valence-electron chi connectivity index (χ0n) is 9.71. The van der Waals surface area contributed by atoms with Crippen molar-refractivity contribution in [2.75, 3.05) is 5.73 Å². The van der Waals surface area contributed by atoms with Crippen molar-refractivity contribution in [2.45, 2.75) is 18.9 Å². The van der Waals surface area contributed by atoms with Crippen LogP contribution in [0, 0.1) is 0 Å².